The number of carbonyl (C=O) groups excluding carboxylic acids is 1. The number of carbonyl (C=O) groups is 1. The number of nitrogens with zero attached hydrogens (tertiary/aromatic N) is 3. The van der Waals surface area contributed by atoms with Gasteiger partial charge in [-0.1, -0.05) is 6.92 Å². The molecule has 2 aromatic heterocycles. The van der Waals surface area contributed by atoms with E-state index in [0.717, 1.165) is 29.1 Å². The van der Waals surface area contributed by atoms with Crippen molar-refractivity contribution < 1.29 is 4.79 Å². The minimum Gasteiger partial charge on any atom is -0.352 e. The fourth-order valence-corrected chi connectivity index (χ4v) is 2.56. The van der Waals surface area contributed by atoms with Crippen molar-refractivity contribution in [3.8, 4) is 11.3 Å². The van der Waals surface area contributed by atoms with Crippen molar-refractivity contribution in [3.05, 3.63) is 54.9 Å². The highest BCUT2D eigenvalue weighted by Gasteiger charge is 2.09. The van der Waals surface area contributed by atoms with Crippen molar-refractivity contribution in [1.82, 2.24) is 15.0 Å². The molecule has 0 aliphatic heterocycles. The van der Waals surface area contributed by atoms with Gasteiger partial charge in [0.15, 0.2) is 0 Å². The molecule has 0 saturated heterocycles. The average molecular weight is 376 g/mol. The van der Waals surface area contributed by atoms with Gasteiger partial charge in [-0.2, -0.15) is 4.98 Å². The largest absolute Gasteiger partial charge is 0.352 e. The Hall–Kier alpha value is -3.48. The molecule has 28 heavy (non-hydrogen) atoms. The SMILES string of the molecule is CC[C@H](C)Nc1nc(Nc2ccc(NC(C)=O)cc2)cc(-c2ccncc2)n1. The van der Waals surface area contributed by atoms with E-state index in [4.69, 9.17) is 0 Å². The Bertz CT molecular complexity index is 927. The van der Waals surface area contributed by atoms with E-state index in [0.29, 0.717) is 11.8 Å². The average Bonchev–Trinajstić information content (AvgIpc) is 2.69. The summed E-state index contributed by atoms with van der Waals surface area (Å²) in [6.45, 7) is 5.69. The van der Waals surface area contributed by atoms with Crippen LogP contribution < -0.4 is 16.0 Å². The third-order valence-electron chi connectivity index (χ3n) is 4.17. The van der Waals surface area contributed by atoms with Crippen molar-refractivity contribution in [2.24, 2.45) is 0 Å². The Kier molecular flexibility index (Phi) is 6.16. The van der Waals surface area contributed by atoms with Gasteiger partial charge < -0.3 is 16.0 Å². The maximum absolute atomic E-state index is 11.2. The molecule has 3 N–H and O–H groups in total. The summed E-state index contributed by atoms with van der Waals surface area (Å²) in [5, 5.41) is 9.40. The van der Waals surface area contributed by atoms with Gasteiger partial charge in [-0.25, -0.2) is 4.98 Å². The molecule has 0 saturated carbocycles. The van der Waals surface area contributed by atoms with E-state index in [1.54, 1.807) is 12.4 Å². The van der Waals surface area contributed by atoms with E-state index >= 15 is 0 Å². The fraction of sp³-hybridized carbons (Fsp3) is 0.238. The molecule has 7 nitrogen and oxygen atoms in total. The molecule has 144 valence electrons. The lowest BCUT2D eigenvalue weighted by atomic mass is 10.2. The number of aromatic nitrogens is 3. The minimum atomic E-state index is -0.0979. The number of hydrogen-bond acceptors (Lipinski definition) is 6. The summed E-state index contributed by atoms with van der Waals surface area (Å²) >= 11 is 0. The maximum atomic E-state index is 11.2. The van der Waals surface area contributed by atoms with Crippen molar-refractivity contribution in [3.63, 3.8) is 0 Å². The highest BCUT2D eigenvalue weighted by molar-refractivity contribution is 5.88. The van der Waals surface area contributed by atoms with Crippen LogP contribution in [0.15, 0.2) is 54.9 Å². The Balaban J connectivity index is 1.88. The summed E-state index contributed by atoms with van der Waals surface area (Å²) in [7, 11) is 0. The monoisotopic (exact) mass is 376 g/mol. The highest BCUT2D eigenvalue weighted by atomic mass is 16.1. The molecule has 1 aromatic carbocycles. The molecule has 0 aliphatic carbocycles. The Morgan fingerprint density at radius 3 is 2.36 bits per heavy atom. The van der Waals surface area contributed by atoms with Crippen LogP contribution in [0.1, 0.15) is 27.2 Å². The molecule has 0 spiro atoms. The van der Waals surface area contributed by atoms with Crippen molar-refractivity contribution in [2.75, 3.05) is 16.0 Å². The van der Waals surface area contributed by atoms with Crippen LogP contribution >= 0.6 is 0 Å². The second-order valence-electron chi connectivity index (χ2n) is 6.54. The first-order valence-corrected chi connectivity index (χ1v) is 9.24. The third kappa shape index (κ3) is 5.26. The first-order valence-electron chi connectivity index (χ1n) is 9.24. The van der Waals surface area contributed by atoms with Gasteiger partial charge in [0.05, 0.1) is 5.69 Å². The standard InChI is InChI=1S/C21H24N6O/c1-4-14(2)23-21-26-19(16-9-11-22-12-10-16)13-20(27-21)25-18-7-5-17(6-8-18)24-15(3)28/h5-14H,4H2,1-3H3,(H,24,28)(H2,23,25,26,27)/t14-/m0/s1. The number of rotatable bonds is 7. The second-order valence-corrected chi connectivity index (χ2v) is 6.54. The quantitative estimate of drug-likeness (QED) is 0.564. The zero-order valence-corrected chi connectivity index (χ0v) is 16.2. The summed E-state index contributed by atoms with van der Waals surface area (Å²) in [4.78, 5) is 24.5. The molecule has 1 atom stereocenters. The van der Waals surface area contributed by atoms with Gasteiger partial charge in [0.1, 0.15) is 5.82 Å². The predicted octanol–water partition coefficient (Wildman–Crippen LogP) is 4.45. The van der Waals surface area contributed by atoms with Crippen molar-refractivity contribution in [2.45, 2.75) is 33.2 Å². The van der Waals surface area contributed by atoms with Gasteiger partial charge in [-0.3, -0.25) is 9.78 Å². The molecule has 0 radical (unpaired) electrons. The van der Waals surface area contributed by atoms with Crippen LogP contribution in [0.3, 0.4) is 0 Å². The third-order valence-corrected chi connectivity index (χ3v) is 4.17. The number of nitrogens with one attached hydrogen (secondary N) is 3. The van der Waals surface area contributed by atoms with Crippen LogP contribution in [0.5, 0.6) is 0 Å². The van der Waals surface area contributed by atoms with Crippen molar-refractivity contribution >= 4 is 29.0 Å². The molecule has 0 aliphatic rings. The van der Waals surface area contributed by atoms with Gasteiger partial charge in [0.2, 0.25) is 11.9 Å². The number of hydrogen-bond donors (Lipinski definition) is 3. The first-order chi connectivity index (χ1) is 13.5. The van der Waals surface area contributed by atoms with E-state index in [-0.39, 0.29) is 11.9 Å². The molecule has 0 bridgehead atoms. The summed E-state index contributed by atoms with van der Waals surface area (Å²) < 4.78 is 0. The van der Waals surface area contributed by atoms with Crippen LogP contribution in [-0.2, 0) is 4.79 Å². The second kappa shape index (κ2) is 8.94. The summed E-state index contributed by atoms with van der Waals surface area (Å²) in [5.41, 5.74) is 3.38. The minimum absolute atomic E-state index is 0.0979. The topological polar surface area (TPSA) is 91.8 Å². The maximum Gasteiger partial charge on any atom is 0.225 e. The molecule has 3 aromatic rings. The number of anilines is 4. The lowest BCUT2D eigenvalue weighted by Gasteiger charge is -2.15. The van der Waals surface area contributed by atoms with E-state index in [2.05, 4.69) is 44.7 Å². The summed E-state index contributed by atoms with van der Waals surface area (Å²) in [6, 6.07) is 13.5. The van der Waals surface area contributed by atoms with E-state index in [1.165, 1.54) is 6.92 Å². The summed E-state index contributed by atoms with van der Waals surface area (Å²) in [6.07, 6.45) is 4.45. The molecular formula is C21H24N6O. The number of amides is 1. The lowest BCUT2D eigenvalue weighted by molar-refractivity contribution is -0.114. The predicted molar refractivity (Wildman–Crippen MR) is 113 cm³/mol. The number of benzene rings is 1. The normalized spacial score (nSPS) is 11.5. The van der Waals surface area contributed by atoms with Crippen LogP contribution in [0, 0.1) is 0 Å². The molecule has 0 fully saturated rings. The molecule has 3 rings (SSSR count). The molecule has 7 heteroatoms. The van der Waals surface area contributed by atoms with Crippen LogP contribution in [0.4, 0.5) is 23.1 Å². The van der Waals surface area contributed by atoms with Crippen molar-refractivity contribution in [1.29, 1.82) is 0 Å². The smallest absolute Gasteiger partial charge is 0.225 e. The molecule has 2 heterocycles. The van der Waals surface area contributed by atoms with Crippen LogP contribution in [-0.4, -0.2) is 26.9 Å². The molecule has 0 unspecified atom stereocenters. The highest BCUT2D eigenvalue weighted by Crippen LogP contribution is 2.24. The van der Waals surface area contributed by atoms with Gasteiger partial charge in [0.25, 0.3) is 0 Å². The first kappa shape index (κ1) is 19.3. The zero-order chi connectivity index (χ0) is 19.9. The lowest BCUT2D eigenvalue weighted by Crippen LogP contribution is -2.16. The van der Waals surface area contributed by atoms with Gasteiger partial charge >= 0.3 is 0 Å². The van der Waals surface area contributed by atoms with E-state index in [9.17, 15) is 4.79 Å². The Labute approximate surface area is 164 Å². The zero-order valence-electron chi connectivity index (χ0n) is 16.2. The van der Waals surface area contributed by atoms with Crippen LogP contribution in [0.2, 0.25) is 0 Å². The van der Waals surface area contributed by atoms with Gasteiger partial charge in [0, 0.05) is 48.4 Å². The Morgan fingerprint density at radius 1 is 1.04 bits per heavy atom. The van der Waals surface area contributed by atoms with Crippen LogP contribution in [0.25, 0.3) is 11.3 Å². The number of pyridine rings is 1. The van der Waals surface area contributed by atoms with Gasteiger partial charge in [-0.05, 0) is 49.7 Å². The van der Waals surface area contributed by atoms with E-state index in [1.807, 2.05) is 42.5 Å². The van der Waals surface area contributed by atoms with E-state index < -0.39 is 0 Å². The molecular weight excluding hydrogens is 352 g/mol. The summed E-state index contributed by atoms with van der Waals surface area (Å²) in [5.74, 6) is 1.15. The van der Waals surface area contributed by atoms with Gasteiger partial charge in [-0.15, -0.1) is 0 Å². The molecule has 1 amide bonds. The Morgan fingerprint density at radius 2 is 1.71 bits per heavy atom. The fourth-order valence-electron chi connectivity index (χ4n) is 2.56.